The molecule has 2 aliphatic rings. The first-order valence-corrected chi connectivity index (χ1v) is 22.5. The summed E-state index contributed by atoms with van der Waals surface area (Å²) in [6, 6.07) is 1.40. The maximum atomic E-state index is 14.6. The van der Waals surface area contributed by atoms with Crippen LogP contribution in [0.15, 0.2) is 30.3 Å². The van der Waals surface area contributed by atoms with E-state index in [-0.39, 0.29) is 44.8 Å². The molecule has 1 aromatic carbocycles. The summed E-state index contributed by atoms with van der Waals surface area (Å²) in [6.45, 7) is 12.6. The summed E-state index contributed by atoms with van der Waals surface area (Å²) in [7, 11) is 5.79. The number of piperidine rings is 1. The third kappa shape index (κ3) is 15.6. The van der Waals surface area contributed by atoms with Crippen molar-refractivity contribution >= 4 is 47.3 Å². The Morgan fingerprint density at radius 2 is 1.38 bits per heavy atom. The van der Waals surface area contributed by atoms with Crippen molar-refractivity contribution in [1.82, 2.24) is 40.4 Å². The number of carbonyl (C=O) groups is 8. The zero-order valence-corrected chi connectivity index (χ0v) is 39.8. The molecule has 2 aliphatic heterocycles. The van der Waals surface area contributed by atoms with Gasteiger partial charge in [-0.2, -0.15) is 0 Å². The smallest absolute Gasteiger partial charge is 0.248 e. The predicted octanol–water partition coefficient (Wildman–Crippen LogP) is 1.08. The van der Waals surface area contributed by atoms with Crippen LogP contribution in [0.4, 0.5) is 0 Å². The average molecular weight is 899 g/mol. The number of aliphatic hydroxyl groups excluding tert-OH is 1. The van der Waals surface area contributed by atoms with Crippen molar-refractivity contribution in [3.8, 4) is 0 Å². The van der Waals surface area contributed by atoms with Crippen molar-refractivity contribution in [3.05, 3.63) is 35.9 Å². The molecule has 18 nitrogen and oxygen atoms in total. The van der Waals surface area contributed by atoms with Crippen molar-refractivity contribution in [3.63, 3.8) is 0 Å². The fourth-order valence-electron chi connectivity index (χ4n) is 7.68. The highest BCUT2D eigenvalue weighted by molar-refractivity contribution is 5.98. The number of ether oxygens (including phenoxy) is 1. The Morgan fingerprint density at radius 3 is 1.95 bits per heavy atom. The summed E-state index contributed by atoms with van der Waals surface area (Å²) in [4.78, 5) is 119. The highest BCUT2D eigenvalue weighted by Gasteiger charge is 2.40. The molecule has 358 valence electrons. The van der Waals surface area contributed by atoms with Gasteiger partial charge in [0.05, 0.1) is 24.7 Å². The molecule has 0 spiro atoms. The molecule has 8 amide bonds. The minimum absolute atomic E-state index is 0.0182. The second-order valence-corrected chi connectivity index (χ2v) is 18.7. The van der Waals surface area contributed by atoms with Crippen molar-refractivity contribution in [2.24, 2.45) is 5.92 Å². The van der Waals surface area contributed by atoms with Gasteiger partial charge in [-0.1, -0.05) is 44.2 Å². The fraction of sp³-hybridized carbons (Fsp3) is 0.696. The average Bonchev–Trinajstić information content (AvgIpc) is 3.25. The van der Waals surface area contributed by atoms with E-state index in [0.29, 0.717) is 18.7 Å². The molecule has 1 aromatic rings. The predicted molar refractivity (Wildman–Crippen MR) is 240 cm³/mol. The minimum Gasteiger partial charge on any atom is -0.391 e. The molecule has 7 atom stereocenters. The van der Waals surface area contributed by atoms with Gasteiger partial charge in [-0.3, -0.25) is 38.4 Å². The van der Waals surface area contributed by atoms with Crippen LogP contribution in [-0.2, 0) is 49.5 Å². The maximum absolute atomic E-state index is 14.6. The number of likely N-dealkylation sites (N-methyl/N-ethyl adjacent to an activating group) is 3. The third-order valence-electron chi connectivity index (χ3n) is 11.8. The fourth-order valence-corrected chi connectivity index (χ4v) is 7.68. The van der Waals surface area contributed by atoms with Crippen molar-refractivity contribution < 1.29 is 48.2 Å². The van der Waals surface area contributed by atoms with Crippen LogP contribution < -0.4 is 16.0 Å². The SMILES string of the molecule is CC(C)C[C@H]1C(=O)N(C)[C@@H](C)C(=O)N(C)[C@@H](Cc2ccccc2)C(=O)N[C@@H](COC(C)(C)C)C(=O)N[C@H](C(=O)N2CCCCC2)CC(=O)N(C)CCCC(=O)N[C@@H]([C@@H](C)O)C(=O)N1C. The van der Waals surface area contributed by atoms with Gasteiger partial charge in [-0.05, 0) is 78.2 Å². The molecule has 18 heteroatoms. The normalized spacial score (nSPS) is 25.8. The second-order valence-electron chi connectivity index (χ2n) is 18.7. The van der Waals surface area contributed by atoms with Crippen molar-refractivity contribution in [2.75, 3.05) is 54.4 Å². The third-order valence-corrected chi connectivity index (χ3v) is 11.8. The summed E-state index contributed by atoms with van der Waals surface area (Å²) in [5.41, 5.74) is -0.0553. The van der Waals surface area contributed by atoms with E-state index in [0.717, 1.165) is 19.3 Å². The number of aliphatic hydroxyl groups is 1. The van der Waals surface area contributed by atoms with E-state index in [1.165, 1.54) is 61.6 Å². The molecule has 64 heavy (non-hydrogen) atoms. The largest absolute Gasteiger partial charge is 0.391 e. The Labute approximate surface area is 379 Å². The van der Waals surface area contributed by atoms with Gasteiger partial charge in [0.25, 0.3) is 0 Å². The lowest BCUT2D eigenvalue weighted by Crippen LogP contribution is -2.61. The van der Waals surface area contributed by atoms with E-state index in [4.69, 9.17) is 4.74 Å². The molecule has 0 bridgehead atoms. The lowest BCUT2D eigenvalue weighted by Gasteiger charge is -2.38. The van der Waals surface area contributed by atoms with Crippen molar-refractivity contribution in [2.45, 2.75) is 148 Å². The Hall–Kier alpha value is -5.10. The van der Waals surface area contributed by atoms with Gasteiger partial charge in [0.1, 0.15) is 36.3 Å². The molecule has 2 saturated heterocycles. The Morgan fingerprint density at radius 1 is 0.766 bits per heavy atom. The number of hydrogen-bond donors (Lipinski definition) is 4. The highest BCUT2D eigenvalue weighted by Crippen LogP contribution is 2.20. The topological polar surface area (TPSA) is 218 Å². The number of nitrogens with one attached hydrogen (secondary N) is 3. The van der Waals surface area contributed by atoms with Crippen molar-refractivity contribution in [1.29, 1.82) is 0 Å². The van der Waals surface area contributed by atoms with Crippen LogP contribution in [0.1, 0.15) is 99.0 Å². The first kappa shape index (κ1) is 53.2. The number of rotatable bonds is 8. The van der Waals surface area contributed by atoms with Gasteiger partial charge in [0.2, 0.25) is 47.3 Å². The van der Waals surface area contributed by atoms with E-state index in [1.807, 2.05) is 19.9 Å². The zero-order valence-electron chi connectivity index (χ0n) is 39.8. The summed E-state index contributed by atoms with van der Waals surface area (Å²) < 4.78 is 6.02. The lowest BCUT2D eigenvalue weighted by atomic mass is 9.99. The first-order chi connectivity index (χ1) is 29.9. The highest BCUT2D eigenvalue weighted by atomic mass is 16.5. The van der Waals surface area contributed by atoms with Gasteiger partial charge in [0, 0.05) is 60.7 Å². The standard InChI is InChI=1S/C46H74N8O10/c1-29(2)25-36-44(62)51(9)30(3)42(60)52(10)35(26-32-19-14-12-15-20-32)41(59)48-34(28-64-46(5,6)7)40(58)47-33(43(61)54-23-16-13-17-24-54)27-38(57)50(8)22-18-21-37(56)49-39(31(4)55)45(63)53(36)11/h12,14-15,19-20,29-31,33-36,39,55H,13,16-18,21-28H2,1-11H3,(H,47,58)(H,48,59)(H,49,56)/t30-,31+,33-,34-,35-,36-,39-/m0/s1. The molecular weight excluding hydrogens is 825 g/mol. The van der Waals surface area contributed by atoms with E-state index < -0.39 is 102 Å². The number of amides is 8. The summed E-state index contributed by atoms with van der Waals surface area (Å²) in [5.74, 6) is -5.01. The summed E-state index contributed by atoms with van der Waals surface area (Å²) in [6.07, 6.45) is 0.923. The van der Waals surface area contributed by atoms with Crippen LogP contribution in [0.25, 0.3) is 0 Å². The van der Waals surface area contributed by atoms with E-state index >= 15 is 0 Å². The lowest BCUT2D eigenvalue weighted by molar-refractivity contribution is -0.153. The molecule has 0 radical (unpaired) electrons. The minimum atomic E-state index is -1.42. The van der Waals surface area contributed by atoms with Gasteiger partial charge >= 0.3 is 0 Å². The molecule has 0 aromatic heterocycles. The molecule has 2 fully saturated rings. The summed E-state index contributed by atoms with van der Waals surface area (Å²) >= 11 is 0. The van der Waals surface area contributed by atoms with Crippen LogP contribution in [0.3, 0.4) is 0 Å². The molecule has 4 N–H and O–H groups in total. The van der Waals surface area contributed by atoms with E-state index in [9.17, 15) is 43.5 Å². The molecule has 2 heterocycles. The van der Waals surface area contributed by atoms with Crippen LogP contribution >= 0.6 is 0 Å². The molecular formula is C46H74N8O10. The molecule has 0 saturated carbocycles. The van der Waals surface area contributed by atoms with E-state index in [1.54, 1.807) is 49.9 Å². The zero-order chi connectivity index (χ0) is 48.1. The number of nitrogens with zero attached hydrogens (tertiary/aromatic N) is 5. The quantitative estimate of drug-likeness (QED) is 0.291. The van der Waals surface area contributed by atoms with Gasteiger partial charge in [0.15, 0.2) is 0 Å². The van der Waals surface area contributed by atoms with Gasteiger partial charge in [-0.25, -0.2) is 0 Å². The number of carbonyl (C=O) groups excluding carboxylic acids is 8. The Kier molecular flexibility index (Phi) is 20.2. The monoisotopic (exact) mass is 899 g/mol. The van der Waals surface area contributed by atoms with Gasteiger partial charge in [-0.15, -0.1) is 0 Å². The number of benzene rings is 1. The number of likely N-dealkylation sites (tertiary alicyclic amines) is 1. The van der Waals surface area contributed by atoms with E-state index in [2.05, 4.69) is 16.0 Å². The molecule has 0 unspecified atom stereocenters. The second kappa shape index (κ2) is 24.3. The first-order valence-electron chi connectivity index (χ1n) is 22.5. The van der Waals surface area contributed by atoms with Crippen LogP contribution in [-0.4, -0.2) is 179 Å². The Balaban J connectivity index is 2.15. The van der Waals surface area contributed by atoms with Crippen LogP contribution in [0, 0.1) is 5.92 Å². The molecule has 3 rings (SSSR count). The number of hydrogen-bond acceptors (Lipinski definition) is 10. The van der Waals surface area contributed by atoms with Gasteiger partial charge < -0.3 is 50.3 Å². The maximum Gasteiger partial charge on any atom is 0.248 e. The van der Waals surface area contributed by atoms with Crippen LogP contribution in [0.5, 0.6) is 0 Å². The van der Waals surface area contributed by atoms with Crippen LogP contribution in [0.2, 0.25) is 0 Å². The summed E-state index contributed by atoms with van der Waals surface area (Å²) in [5, 5.41) is 18.8. The Bertz CT molecular complexity index is 1780. The molecule has 0 aliphatic carbocycles.